The van der Waals surface area contributed by atoms with E-state index in [2.05, 4.69) is 20.6 Å². The summed E-state index contributed by atoms with van der Waals surface area (Å²) in [5.41, 5.74) is 2.73. The predicted molar refractivity (Wildman–Crippen MR) is 110 cm³/mol. The summed E-state index contributed by atoms with van der Waals surface area (Å²) >= 11 is 0. The summed E-state index contributed by atoms with van der Waals surface area (Å²) in [5.74, 6) is 1.00. The molecule has 0 unspecified atom stereocenters. The minimum Gasteiger partial charge on any atom is -0.454 e. The first kappa shape index (κ1) is 18.8. The maximum absolute atomic E-state index is 12.8. The van der Waals surface area contributed by atoms with Crippen LogP contribution in [0.15, 0.2) is 53.6 Å². The Hall–Kier alpha value is -4.21. The molecule has 2 aromatic heterocycles. The molecule has 10 heteroatoms. The molecule has 4 aromatic rings. The Morgan fingerprint density at radius 2 is 1.94 bits per heavy atom. The summed E-state index contributed by atoms with van der Waals surface area (Å²) in [6.07, 6.45) is 1.33. The molecular formula is C21H18N6O4. The number of nitrogens with zero attached hydrogens (tertiary/aromatic N) is 5. The molecular weight excluding hydrogens is 400 g/mol. The van der Waals surface area contributed by atoms with Crippen molar-refractivity contribution in [2.45, 2.75) is 20.0 Å². The first-order chi connectivity index (χ1) is 15.1. The van der Waals surface area contributed by atoms with Crippen LogP contribution in [0.4, 0.5) is 0 Å². The fraction of sp³-hybridized carbons (Fsp3) is 0.190. The normalized spacial score (nSPS) is 12.3. The van der Waals surface area contributed by atoms with Gasteiger partial charge in [-0.15, -0.1) is 5.10 Å². The van der Waals surface area contributed by atoms with Crippen LogP contribution in [0.1, 0.15) is 11.1 Å². The van der Waals surface area contributed by atoms with Crippen molar-refractivity contribution in [1.29, 1.82) is 0 Å². The van der Waals surface area contributed by atoms with Crippen molar-refractivity contribution < 1.29 is 14.3 Å². The molecule has 0 fully saturated rings. The molecule has 156 valence electrons. The van der Waals surface area contributed by atoms with E-state index in [9.17, 15) is 9.59 Å². The second-order valence-electron chi connectivity index (χ2n) is 7.15. The van der Waals surface area contributed by atoms with Gasteiger partial charge < -0.3 is 14.8 Å². The number of fused-ring (bicyclic) bond motifs is 2. The van der Waals surface area contributed by atoms with Crippen molar-refractivity contribution in [2.75, 3.05) is 6.79 Å². The van der Waals surface area contributed by atoms with Gasteiger partial charge >= 0.3 is 0 Å². The van der Waals surface area contributed by atoms with Crippen LogP contribution in [0.25, 0.3) is 16.9 Å². The summed E-state index contributed by atoms with van der Waals surface area (Å²) in [7, 11) is 0. The summed E-state index contributed by atoms with van der Waals surface area (Å²) in [6.45, 7) is 2.29. The minimum atomic E-state index is -0.429. The number of carbonyl (C=O) groups is 1. The van der Waals surface area contributed by atoms with Crippen molar-refractivity contribution >= 4 is 17.1 Å². The molecule has 1 aliphatic heterocycles. The summed E-state index contributed by atoms with van der Waals surface area (Å²) in [4.78, 5) is 29.4. The van der Waals surface area contributed by atoms with Crippen molar-refractivity contribution in [3.05, 3.63) is 70.3 Å². The largest absolute Gasteiger partial charge is 0.454 e. The molecule has 1 amide bonds. The molecule has 0 radical (unpaired) electrons. The maximum Gasteiger partial charge on any atom is 0.284 e. The number of hydrogen-bond donors (Lipinski definition) is 1. The lowest BCUT2D eigenvalue weighted by atomic mass is 10.2. The molecule has 0 spiro atoms. The van der Waals surface area contributed by atoms with Crippen LogP contribution in [0.3, 0.4) is 0 Å². The Bertz CT molecular complexity index is 1340. The van der Waals surface area contributed by atoms with Crippen LogP contribution in [-0.4, -0.2) is 37.2 Å². The van der Waals surface area contributed by atoms with E-state index in [1.165, 1.54) is 15.6 Å². The minimum absolute atomic E-state index is 0.103. The number of hydrogen-bond acceptors (Lipinski definition) is 7. The van der Waals surface area contributed by atoms with Crippen LogP contribution >= 0.6 is 0 Å². The Balaban J connectivity index is 1.31. The highest BCUT2D eigenvalue weighted by Gasteiger charge is 2.16. The SMILES string of the molecule is Cc1ccc(-n2nnc3c(=O)n(CC(=O)NCc4ccc5c(c4)OCO5)cnc32)cc1. The molecule has 5 rings (SSSR count). The van der Waals surface area contributed by atoms with Gasteiger partial charge in [-0.05, 0) is 36.8 Å². The standard InChI is InChI=1S/C21H18N6O4/c1-13-2-5-15(6-3-13)27-20-19(24-25-27)21(29)26(11-23-20)10-18(28)22-9-14-4-7-16-17(8-14)31-12-30-16/h2-8,11H,9-10,12H2,1H3,(H,22,28). The molecule has 0 saturated carbocycles. The highest BCUT2D eigenvalue weighted by atomic mass is 16.7. The number of ether oxygens (including phenoxy) is 2. The predicted octanol–water partition coefficient (Wildman–Crippen LogP) is 1.33. The summed E-state index contributed by atoms with van der Waals surface area (Å²) in [5, 5.41) is 10.8. The van der Waals surface area contributed by atoms with Gasteiger partial charge in [-0.3, -0.25) is 14.2 Å². The molecule has 10 nitrogen and oxygen atoms in total. The van der Waals surface area contributed by atoms with Gasteiger partial charge in [0.2, 0.25) is 12.7 Å². The van der Waals surface area contributed by atoms with Gasteiger partial charge in [0.25, 0.3) is 5.56 Å². The van der Waals surface area contributed by atoms with Crippen molar-refractivity contribution in [3.63, 3.8) is 0 Å². The summed E-state index contributed by atoms with van der Waals surface area (Å²) in [6, 6.07) is 13.1. The van der Waals surface area contributed by atoms with Crippen molar-refractivity contribution in [3.8, 4) is 17.2 Å². The molecule has 0 aliphatic carbocycles. The fourth-order valence-electron chi connectivity index (χ4n) is 3.28. The molecule has 0 saturated heterocycles. The van der Waals surface area contributed by atoms with Crippen LogP contribution in [-0.2, 0) is 17.9 Å². The monoisotopic (exact) mass is 418 g/mol. The van der Waals surface area contributed by atoms with Gasteiger partial charge in [-0.1, -0.05) is 29.0 Å². The zero-order valence-corrected chi connectivity index (χ0v) is 16.6. The quantitative estimate of drug-likeness (QED) is 0.520. The topological polar surface area (TPSA) is 113 Å². The lowest BCUT2D eigenvalue weighted by molar-refractivity contribution is -0.121. The Morgan fingerprint density at radius 3 is 2.77 bits per heavy atom. The Morgan fingerprint density at radius 1 is 1.13 bits per heavy atom. The third-order valence-electron chi connectivity index (χ3n) is 4.95. The number of nitrogens with one attached hydrogen (secondary N) is 1. The van der Waals surface area contributed by atoms with Gasteiger partial charge in [-0.2, -0.15) is 4.68 Å². The first-order valence-electron chi connectivity index (χ1n) is 9.61. The molecule has 0 bridgehead atoms. The highest BCUT2D eigenvalue weighted by Crippen LogP contribution is 2.32. The van der Waals surface area contributed by atoms with Gasteiger partial charge in [0.1, 0.15) is 12.9 Å². The van der Waals surface area contributed by atoms with Gasteiger partial charge in [-0.25, -0.2) is 4.98 Å². The number of aryl methyl sites for hydroxylation is 1. The van der Waals surface area contributed by atoms with Crippen molar-refractivity contribution in [2.24, 2.45) is 0 Å². The smallest absolute Gasteiger partial charge is 0.284 e. The number of carbonyl (C=O) groups excluding carboxylic acids is 1. The zero-order chi connectivity index (χ0) is 21.4. The van der Waals surface area contributed by atoms with Gasteiger partial charge in [0, 0.05) is 6.54 Å². The lowest BCUT2D eigenvalue weighted by Gasteiger charge is -2.08. The van der Waals surface area contributed by atoms with Crippen LogP contribution in [0.2, 0.25) is 0 Å². The third-order valence-corrected chi connectivity index (χ3v) is 4.95. The number of benzene rings is 2. The average molecular weight is 418 g/mol. The van der Waals surface area contributed by atoms with E-state index in [0.717, 1.165) is 16.8 Å². The van der Waals surface area contributed by atoms with Gasteiger partial charge in [0.05, 0.1) is 5.69 Å². The van der Waals surface area contributed by atoms with E-state index in [1.807, 2.05) is 43.3 Å². The van der Waals surface area contributed by atoms with Crippen LogP contribution in [0.5, 0.6) is 11.5 Å². The highest BCUT2D eigenvalue weighted by molar-refractivity contribution is 5.76. The Kier molecular flexibility index (Phi) is 4.58. The second-order valence-corrected chi connectivity index (χ2v) is 7.15. The summed E-state index contributed by atoms with van der Waals surface area (Å²) < 4.78 is 13.3. The number of rotatable bonds is 5. The van der Waals surface area contributed by atoms with Crippen LogP contribution in [0, 0.1) is 6.92 Å². The van der Waals surface area contributed by atoms with E-state index < -0.39 is 5.56 Å². The third kappa shape index (κ3) is 3.59. The van der Waals surface area contributed by atoms with E-state index in [0.29, 0.717) is 23.7 Å². The molecule has 1 aliphatic rings. The fourth-order valence-corrected chi connectivity index (χ4v) is 3.28. The maximum atomic E-state index is 12.8. The lowest BCUT2D eigenvalue weighted by Crippen LogP contribution is -2.32. The van der Waals surface area contributed by atoms with E-state index >= 15 is 0 Å². The van der Waals surface area contributed by atoms with E-state index in [4.69, 9.17) is 9.47 Å². The molecule has 1 N–H and O–H groups in total. The zero-order valence-electron chi connectivity index (χ0n) is 16.6. The van der Waals surface area contributed by atoms with Gasteiger partial charge in [0.15, 0.2) is 22.7 Å². The Labute approximate surface area is 176 Å². The van der Waals surface area contributed by atoms with Crippen molar-refractivity contribution in [1.82, 2.24) is 29.9 Å². The number of aromatic nitrogens is 5. The second kappa shape index (κ2) is 7.56. The average Bonchev–Trinajstić information content (AvgIpc) is 3.42. The number of amides is 1. The van der Waals surface area contributed by atoms with Crippen LogP contribution < -0.4 is 20.3 Å². The van der Waals surface area contributed by atoms with E-state index in [1.54, 1.807) is 6.07 Å². The molecule has 2 aromatic carbocycles. The molecule has 0 atom stereocenters. The molecule has 31 heavy (non-hydrogen) atoms. The van der Waals surface area contributed by atoms with E-state index in [-0.39, 0.29) is 24.8 Å². The molecule has 3 heterocycles. The first-order valence-corrected chi connectivity index (χ1v) is 9.61.